The van der Waals surface area contributed by atoms with Gasteiger partial charge >= 0.3 is 0 Å². The van der Waals surface area contributed by atoms with Gasteiger partial charge in [0.05, 0.1) is 18.2 Å². The van der Waals surface area contributed by atoms with Gasteiger partial charge in [0.1, 0.15) is 0 Å². The summed E-state index contributed by atoms with van der Waals surface area (Å²) in [5.41, 5.74) is 2.52. The van der Waals surface area contributed by atoms with Crippen molar-refractivity contribution in [2.75, 3.05) is 19.3 Å². The van der Waals surface area contributed by atoms with E-state index in [1.165, 1.54) is 21.7 Å². The molecule has 2 atom stereocenters. The van der Waals surface area contributed by atoms with E-state index in [1.807, 2.05) is 12.1 Å². The van der Waals surface area contributed by atoms with E-state index < -0.39 is 10.0 Å². The first-order valence-electron chi connectivity index (χ1n) is 8.28. The number of carbonyl (C=O) groups is 1. The lowest BCUT2D eigenvalue weighted by molar-refractivity contribution is -0.127. The molecular weight excluding hydrogens is 312 g/mol. The maximum absolute atomic E-state index is 12.6. The fourth-order valence-electron chi connectivity index (χ4n) is 3.65. The van der Waals surface area contributed by atoms with Crippen molar-refractivity contribution >= 4 is 15.9 Å². The molecule has 1 N–H and O–H groups in total. The lowest BCUT2D eigenvalue weighted by Crippen LogP contribution is -2.46. The minimum Gasteiger partial charge on any atom is -0.349 e. The lowest BCUT2D eigenvalue weighted by Gasteiger charge is -2.32. The summed E-state index contributed by atoms with van der Waals surface area (Å²) in [6.07, 6.45) is 5.80. The van der Waals surface area contributed by atoms with Crippen LogP contribution in [0.15, 0.2) is 24.3 Å². The Hall–Kier alpha value is -1.40. The quantitative estimate of drug-likeness (QED) is 0.916. The molecule has 0 bridgehead atoms. The summed E-state index contributed by atoms with van der Waals surface area (Å²) in [5, 5.41) is 3.16. The predicted octanol–water partition coefficient (Wildman–Crippen LogP) is 1.85. The van der Waals surface area contributed by atoms with Gasteiger partial charge in [0.15, 0.2) is 0 Å². The highest BCUT2D eigenvalue weighted by atomic mass is 32.2. The number of rotatable bonds is 3. The summed E-state index contributed by atoms with van der Waals surface area (Å²) in [7, 11) is -3.22. The molecule has 0 spiro atoms. The molecule has 1 aromatic carbocycles. The zero-order valence-electron chi connectivity index (χ0n) is 13.5. The molecule has 1 saturated heterocycles. The number of amides is 1. The molecule has 2 aliphatic rings. The SMILES string of the molecule is CS(=O)(=O)N1CCC[C@@H](C(=O)N[C@H]2CCCc3ccccc32)C1. The van der Waals surface area contributed by atoms with Gasteiger partial charge in [-0.25, -0.2) is 12.7 Å². The summed E-state index contributed by atoms with van der Waals surface area (Å²) in [5.74, 6) is -0.257. The number of carbonyl (C=O) groups excluding carboxylic acids is 1. The first-order chi connectivity index (χ1) is 10.9. The van der Waals surface area contributed by atoms with Gasteiger partial charge < -0.3 is 5.32 Å². The zero-order valence-corrected chi connectivity index (χ0v) is 14.3. The molecule has 0 unspecified atom stereocenters. The van der Waals surface area contributed by atoms with Crippen molar-refractivity contribution in [2.45, 2.75) is 38.1 Å². The van der Waals surface area contributed by atoms with Crippen molar-refractivity contribution in [3.05, 3.63) is 35.4 Å². The molecule has 1 heterocycles. The molecule has 3 rings (SSSR count). The van der Waals surface area contributed by atoms with Crippen LogP contribution in [0.25, 0.3) is 0 Å². The molecule has 23 heavy (non-hydrogen) atoms. The molecule has 0 aromatic heterocycles. The van der Waals surface area contributed by atoms with E-state index >= 15 is 0 Å². The molecule has 1 fully saturated rings. The van der Waals surface area contributed by atoms with Crippen molar-refractivity contribution in [1.29, 1.82) is 0 Å². The van der Waals surface area contributed by atoms with E-state index in [1.54, 1.807) is 0 Å². The van der Waals surface area contributed by atoms with Crippen LogP contribution in [0.5, 0.6) is 0 Å². The second kappa shape index (κ2) is 6.61. The van der Waals surface area contributed by atoms with Crippen molar-refractivity contribution in [3.8, 4) is 0 Å². The van der Waals surface area contributed by atoms with E-state index in [4.69, 9.17) is 0 Å². The Morgan fingerprint density at radius 3 is 2.78 bits per heavy atom. The third-order valence-electron chi connectivity index (χ3n) is 4.91. The Kier molecular flexibility index (Phi) is 4.73. The molecule has 1 amide bonds. The standard InChI is InChI=1S/C17H24N2O3S/c1-23(21,22)19-11-5-8-14(12-19)17(20)18-16-10-4-7-13-6-2-3-9-15(13)16/h2-3,6,9,14,16H,4-5,7-8,10-12H2,1H3,(H,18,20)/t14-,16+/m1/s1. The largest absolute Gasteiger partial charge is 0.349 e. The number of aryl methyl sites for hydroxylation is 1. The van der Waals surface area contributed by atoms with Crippen molar-refractivity contribution in [1.82, 2.24) is 9.62 Å². The second-order valence-electron chi connectivity index (χ2n) is 6.61. The van der Waals surface area contributed by atoms with Crippen LogP contribution in [0.3, 0.4) is 0 Å². The number of hydrogen-bond donors (Lipinski definition) is 1. The van der Waals surface area contributed by atoms with Crippen molar-refractivity contribution < 1.29 is 13.2 Å². The number of fused-ring (bicyclic) bond motifs is 1. The van der Waals surface area contributed by atoms with Crippen LogP contribution in [0.2, 0.25) is 0 Å². The number of hydrogen-bond acceptors (Lipinski definition) is 3. The zero-order chi connectivity index (χ0) is 16.4. The predicted molar refractivity (Wildman–Crippen MR) is 89.4 cm³/mol. The fourth-order valence-corrected chi connectivity index (χ4v) is 4.56. The van der Waals surface area contributed by atoms with E-state index in [9.17, 15) is 13.2 Å². The molecule has 5 nitrogen and oxygen atoms in total. The van der Waals surface area contributed by atoms with Gasteiger partial charge in [-0.1, -0.05) is 24.3 Å². The molecule has 1 aliphatic heterocycles. The number of benzene rings is 1. The monoisotopic (exact) mass is 336 g/mol. The highest BCUT2D eigenvalue weighted by molar-refractivity contribution is 7.88. The van der Waals surface area contributed by atoms with Crippen LogP contribution in [-0.2, 0) is 21.2 Å². The molecule has 0 saturated carbocycles. The van der Waals surface area contributed by atoms with Gasteiger partial charge in [-0.3, -0.25) is 4.79 Å². The molecule has 0 radical (unpaired) electrons. The fraction of sp³-hybridized carbons (Fsp3) is 0.588. The van der Waals surface area contributed by atoms with E-state index in [0.717, 1.165) is 32.1 Å². The summed E-state index contributed by atoms with van der Waals surface area (Å²) in [6.45, 7) is 0.827. The van der Waals surface area contributed by atoms with Crippen LogP contribution in [-0.4, -0.2) is 38.0 Å². The molecule has 1 aliphatic carbocycles. The van der Waals surface area contributed by atoms with Crippen LogP contribution in [0.4, 0.5) is 0 Å². The maximum Gasteiger partial charge on any atom is 0.224 e. The summed E-state index contributed by atoms with van der Waals surface area (Å²) in [6, 6.07) is 8.31. The maximum atomic E-state index is 12.6. The van der Waals surface area contributed by atoms with Gasteiger partial charge in [0.25, 0.3) is 0 Å². The van der Waals surface area contributed by atoms with Crippen LogP contribution in [0.1, 0.15) is 42.9 Å². The third-order valence-corrected chi connectivity index (χ3v) is 6.18. The smallest absolute Gasteiger partial charge is 0.224 e. The van der Waals surface area contributed by atoms with Gasteiger partial charge in [-0.2, -0.15) is 0 Å². The second-order valence-corrected chi connectivity index (χ2v) is 8.59. The van der Waals surface area contributed by atoms with Crippen LogP contribution in [0, 0.1) is 5.92 Å². The first-order valence-corrected chi connectivity index (χ1v) is 10.1. The Bertz CT molecular complexity index is 687. The average molecular weight is 336 g/mol. The Morgan fingerprint density at radius 2 is 2.00 bits per heavy atom. The van der Waals surface area contributed by atoms with Crippen molar-refractivity contribution in [2.24, 2.45) is 5.92 Å². The lowest BCUT2D eigenvalue weighted by atomic mass is 9.87. The molecular formula is C17H24N2O3S. The number of sulfonamides is 1. The van der Waals surface area contributed by atoms with Gasteiger partial charge in [0, 0.05) is 13.1 Å². The van der Waals surface area contributed by atoms with Crippen LogP contribution < -0.4 is 5.32 Å². The summed E-state index contributed by atoms with van der Waals surface area (Å²) < 4.78 is 24.8. The van der Waals surface area contributed by atoms with Crippen LogP contribution >= 0.6 is 0 Å². The number of piperidine rings is 1. The Morgan fingerprint density at radius 1 is 1.22 bits per heavy atom. The normalized spacial score (nSPS) is 25.6. The highest BCUT2D eigenvalue weighted by Gasteiger charge is 2.32. The molecule has 1 aromatic rings. The molecule has 126 valence electrons. The van der Waals surface area contributed by atoms with Gasteiger partial charge in [-0.15, -0.1) is 0 Å². The van der Waals surface area contributed by atoms with Gasteiger partial charge in [-0.05, 0) is 43.2 Å². The highest BCUT2D eigenvalue weighted by Crippen LogP contribution is 2.30. The molecule has 6 heteroatoms. The summed E-state index contributed by atoms with van der Waals surface area (Å²) in [4.78, 5) is 12.6. The van der Waals surface area contributed by atoms with Crippen molar-refractivity contribution in [3.63, 3.8) is 0 Å². The number of nitrogens with one attached hydrogen (secondary N) is 1. The van der Waals surface area contributed by atoms with E-state index in [-0.39, 0.29) is 17.9 Å². The van der Waals surface area contributed by atoms with E-state index in [0.29, 0.717) is 13.1 Å². The van der Waals surface area contributed by atoms with E-state index in [2.05, 4.69) is 17.4 Å². The minimum absolute atomic E-state index is 0.0138. The summed E-state index contributed by atoms with van der Waals surface area (Å²) >= 11 is 0. The minimum atomic E-state index is -3.22. The Balaban J connectivity index is 1.68. The van der Waals surface area contributed by atoms with Gasteiger partial charge in [0.2, 0.25) is 15.9 Å². The first kappa shape index (κ1) is 16.5. The number of nitrogens with zero attached hydrogens (tertiary/aromatic N) is 1. The third kappa shape index (κ3) is 3.75. The average Bonchev–Trinajstić information content (AvgIpc) is 2.54. The topological polar surface area (TPSA) is 66.5 Å². The Labute approximate surface area is 138 Å².